The van der Waals surface area contributed by atoms with Crippen LogP contribution >= 0.6 is 12.4 Å². The maximum atomic E-state index is 12.9. The highest BCUT2D eigenvalue weighted by Gasteiger charge is 2.49. The summed E-state index contributed by atoms with van der Waals surface area (Å²) in [5.41, 5.74) is 1.81. The van der Waals surface area contributed by atoms with Crippen LogP contribution in [0.15, 0.2) is 30.5 Å². The number of carbonyl (C=O) groups is 1. The molecule has 0 radical (unpaired) electrons. The Morgan fingerprint density at radius 2 is 2.18 bits per heavy atom. The van der Waals surface area contributed by atoms with E-state index in [0.717, 1.165) is 36.1 Å². The Bertz CT molecular complexity index is 683. The molecule has 5 heteroatoms. The number of fused-ring (bicyclic) bond motifs is 2. The highest BCUT2D eigenvalue weighted by molar-refractivity contribution is 5.98. The van der Waals surface area contributed by atoms with Crippen LogP contribution in [-0.2, 0) is 4.79 Å². The minimum Gasteiger partial charge on any atom is -0.361 e. The summed E-state index contributed by atoms with van der Waals surface area (Å²) in [6.45, 7) is 1.82. The molecule has 4 rings (SSSR count). The summed E-state index contributed by atoms with van der Waals surface area (Å²) < 4.78 is 0. The van der Waals surface area contributed by atoms with Crippen molar-refractivity contribution in [3.8, 4) is 0 Å². The van der Waals surface area contributed by atoms with Gasteiger partial charge in [-0.15, -0.1) is 12.4 Å². The molecule has 0 unspecified atom stereocenters. The number of halogens is 1. The van der Waals surface area contributed by atoms with Gasteiger partial charge in [0.25, 0.3) is 0 Å². The molecule has 1 aromatic heterocycles. The molecule has 1 amide bonds. The Morgan fingerprint density at radius 3 is 3.09 bits per heavy atom. The summed E-state index contributed by atoms with van der Waals surface area (Å²) in [4.78, 5) is 16.1. The average molecular weight is 320 g/mol. The van der Waals surface area contributed by atoms with Gasteiger partial charge in [0.05, 0.1) is 5.41 Å². The zero-order valence-electron chi connectivity index (χ0n) is 12.5. The van der Waals surface area contributed by atoms with Gasteiger partial charge in [-0.1, -0.05) is 12.8 Å². The van der Waals surface area contributed by atoms with Crippen molar-refractivity contribution < 1.29 is 4.79 Å². The van der Waals surface area contributed by atoms with E-state index in [0.29, 0.717) is 5.92 Å². The van der Waals surface area contributed by atoms with Gasteiger partial charge in [0.1, 0.15) is 0 Å². The SMILES string of the molecule is Cl.O=C(Nc1ccc2[nH]ccc2c1)[C@@]12CCCC[C@H]1CNC2. The first kappa shape index (κ1) is 15.4. The number of aromatic nitrogens is 1. The van der Waals surface area contributed by atoms with E-state index in [4.69, 9.17) is 0 Å². The molecule has 2 atom stereocenters. The fraction of sp³-hybridized carbons (Fsp3) is 0.471. The van der Waals surface area contributed by atoms with Crippen LogP contribution in [0.5, 0.6) is 0 Å². The normalized spacial score (nSPS) is 27.2. The van der Waals surface area contributed by atoms with Crippen LogP contribution in [-0.4, -0.2) is 24.0 Å². The highest BCUT2D eigenvalue weighted by atomic mass is 35.5. The molecule has 22 heavy (non-hydrogen) atoms. The molecule has 2 aromatic rings. The number of hydrogen-bond acceptors (Lipinski definition) is 2. The molecule has 0 spiro atoms. The van der Waals surface area contributed by atoms with Crippen molar-refractivity contribution in [3.05, 3.63) is 30.5 Å². The smallest absolute Gasteiger partial charge is 0.232 e. The Morgan fingerprint density at radius 1 is 1.27 bits per heavy atom. The predicted molar refractivity (Wildman–Crippen MR) is 91.4 cm³/mol. The molecule has 1 aliphatic heterocycles. The molecular weight excluding hydrogens is 298 g/mol. The zero-order chi connectivity index (χ0) is 14.3. The van der Waals surface area contributed by atoms with Crippen LogP contribution < -0.4 is 10.6 Å². The number of benzene rings is 1. The van der Waals surface area contributed by atoms with Gasteiger partial charge < -0.3 is 15.6 Å². The van der Waals surface area contributed by atoms with Gasteiger partial charge in [-0.3, -0.25) is 4.79 Å². The molecule has 2 heterocycles. The van der Waals surface area contributed by atoms with Gasteiger partial charge in [-0.05, 0) is 49.6 Å². The molecule has 1 aromatic carbocycles. The Kier molecular flexibility index (Phi) is 4.15. The predicted octanol–water partition coefficient (Wildman–Crippen LogP) is 3.31. The number of H-pyrrole nitrogens is 1. The number of anilines is 1. The topological polar surface area (TPSA) is 56.9 Å². The standard InChI is InChI=1S/C17H21N3O.ClH/c21-16(17-7-2-1-3-13(17)10-18-11-17)20-14-4-5-15-12(9-14)6-8-19-15;/h4-6,8-9,13,18-19H,1-3,7,10-11H2,(H,20,21);1H/t13-,17+;/m0./s1. The van der Waals surface area contributed by atoms with Crippen molar-refractivity contribution in [1.29, 1.82) is 0 Å². The van der Waals surface area contributed by atoms with Crippen molar-refractivity contribution in [1.82, 2.24) is 10.3 Å². The quantitative estimate of drug-likeness (QED) is 0.795. The highest BCUT2D eigenvalue weighted by Crippen LogP contribution is 2.44. The lowest BCUT2D eigenvalue weighted by Crippen LogP contribution is -2.44. The Balaban J connectivity index is 0.00000144. The van der Waals surface area contributed by atoms with E-state index in [1.807, 2.05) is 30.5 Å². The van der Waals surface area contributed by atoms with E-state index in [1.165, 1.54) is 19.3 Å². The van der Waals surface area contributed by atoms with Crippen LogP contribution in [0.3, 0.4) is 0 Å². The fourth-order valence-electron chi connectivity index (χ4n) is 4.08. The number of hydrogen-bond donors (Lipinski definition) is 3. The van der Waals surface area contributed by atoms with Gasteiger partial charge >= 0.3 is 0 Å². The summed E-state index contributed by atoms with van der Waals surface area (Å²) in [5.74, 6) is 0.703. The number of carbonyl (C=O) groups excluding carboxylic acids is 1. The Hall–Kier alpha value is -1.52. The molecule has 1 saturated carbocycles. The summed E-state index contributed by atoms with van der Waals surface area (Å²) in [5, 5.41) is 7.73. The Labute approximate surface area is 136 Å². The monoisotopic (exact) mass is 319 g/mol. The van der Waals surface area contributed by atoms with E-state index >= 15 is 0 Å². The lowest BCUT2D eigenvalue weighted by atomic mass is 9.67. The van der Waals surface area contributed by atoms with Crippen LogP contribution in [0.1, 0.15) is 25.7 Å². The summed E-state index contributed by atoms with van der Waals surface area (Å²) in [6, 6.07) is 8.08. The van der Waals surface area contributed by atoms with Crippen LogP contribution in [0.4, 0.5) is 5.69 Å². The van der Waals surface area contributed by atoms with Gasteiger partial charge in [-0.25, -0.2) is 0 Å². The fourth-order valence-corrected chi connectivity index (χ4v) is 4.08. The van der Waals surface area contributed by atoms with Crippen molar-refractivity contribution in [2.75, 3.05) is 18.4 Å². The lowest BCUT2D eigenvalue weighted by molar-refractivity contribution is -0.128. The van der Waals surface area contributed by atoms with Crippen molar-refractivity contribution in [2.45, 2.75) is 25.7 Å². The van der Waals surface area contributed by atoms with Crippen LogP contribution in [0, 0.1) is 11.3 Å². The first-order valence-corrected chi connectivity index (χ1v) is 7.87. The number of amides is 1. The molecule has 0 bridgehead atoms. The summed E-state index contributed by atoms with van der Waals surface area (Å²) in [6.07, 6.45) is 6.55. The zero-order valence-corrected chi connectivity index (χ0v) is 13.3. The van der Waals surface area contributed by atoms with E-state index in [1.54, 1.807) is 0 Å². The van der Waals surface area contributed by atoms with Crippen LogP contribution in [0.2, 0.25) is 0 Å². The van der Waals surface area contributed by atoms with Crippen molar-refractivity contribution in [2.24, 2.45) is 11.3 Å². The summed E-state index contributed by atoms with van der Waals surface area (Å²) in [7, 11) is 0. The van der Waals surface area contributed by atoms with Gasteiger partial charge in [0.2, 0.25) is 5.91 Å². The molecule has 2 aliphatic rings. The minimum absolute atomic E-state index is 0. The van der Waals surface area contributed by atoms with Gasteiger partial charge in [0, 0.05) is 29.3 Å². The maximum absolute atomic E-state index is 12.9. The van der Waals surface area contributed by atoms with E-state index in [9.17, 15) is 4.79 Å². The van der Waals surface area contributed by atoms with E-state index < -0.39 is 0 Å². The molecule has 1 saturated heterocycles. The second-order valence-electron chi connectivity index (χ2n) is 6.46. The third-order valence-electron chi connectivity index (χ3n) is 5.30. The third kappa shape index (κ3) is 2.40. The first-order chi connectivity index (χ1) is 10.3. The van der Waals surface area contributed by atoms with E-state index in [2.05, 4.69) is 15.6 Å². The molecule has 3 N–H and O–H groups in total. The minimum atomic E-state index is -0.189. The molecule has 4 nitrogen and oxygen atoms in total. The van der Waals surface area contributed by atoms with Gasteiger partial charge in [-0.2, -0.15) is 0 Å². The van der Waals surface area contributed by atoms with E-state index in [-0.39, 0.29) is 23.7 Å². The van der Waals surface area contributed by atoms with Gasteiger partial charge in [0.15, 0.2) is 0 Å². The summed E-state index contributed by atoms with van der Waals surface area (Å²) >= 11 is 0. The largest absolute Gasteiger partial charge is 0.361 e. The van der Waals surface area contributed by atoms with Crippen LogP contribution in [0.25, 0.3) is 10.9 Å². The van der Waals surface area contributed by atoms with Crippen molar-refractivity contribution >= 4 is 34.9 Å². The second-order valence-corrected chi connectivity index (χ2v) is 6.46. The average Bonchev–Trinajstić information content (AvgIpc) is 3.13. The first-order valence-electron chi connectivity index (χ1n) is 7.87. The maximum Gasteiger partial charge on any atom is 0.232 e. The molecular formula is C17H22ClN3O. The molecule has 2 fully saturated rings. The molecule has 118 valence electrons. The second kappa shape index (κ2) is 5.94. The number of aromatic amines is 1. The number of rotatable bonds is 2. The van der Waals surface area contributed by atoms with Crippen molar-refractivity contribution in [3.63, 3.8) is 0 Å². The number of nitrogens with one attached hydrogen (secondary N) is 3. The third-order valence-corrected chi connectivity index (χ3v) is 5.30. The lowest BCUT2D eigenvalue weighted by Gasteiger charge is -2.37. The molecule has 1 aliphatic carbocycles.